The van der Waals surface area contributed by atoms with Gasteiger partial charge in [0.1, 0.15) is 5.54 Å². The standard InChI is InChI=1S/C15H25N3/c1-17-15(10-16,13-7-8-13)11-18-9-3-5-12-4-2-6-14(12)18/h12-14,17H,2-9,11H2,1H3. The van der Waals surface area contributed by atoms with Crippen LogP contribution in [0.4, 0.5) is 0 Å². The van der Waals surface area contributed by atoms with Crippen LogP contribution in [0.1, 0.15) is 44.9 Å². The van der Waals surface area contributed by atoms with E-state index in [2.05, 4.69) is 16.3 Å². The Morgan fingerprint density at radius 3 is 2.67 bits per heavy atom. The maximum Gasteiger partial charge on any atom is 0.122 e. The summed E-state index contributed by atoms with van der Waals surface area (Å²) in [6.45, 7) is 2.16. The number of fused-ring (bicyclic) bond motifs is 1. The van der Waals surface area contributed by atoms with Crippen LogP contribution in [0.3, 0.4) is 0 Å². The highest BCUT2D eigenvalue weighted by atomic mass is 15.2. The van der Waals surface area contributed by atoms with Crippen molar-refractivity contribution in [3.63, 3.8) is 0 Å². The van der Waals surface area contributed by atoms with Crippen LogP contribution in [-0.2, 0) is 0 Å². The summed E-state index contributed by atoms with van der Waals surface area (Å²) in [7, 11) is 1.97. The maximum absolute atomic E-state index is 9.62. The van der Waals surface area contributed by atoms with Crippen molar-refractivity contribution in [2.24, 2.45) is 11.8 Å². The molecular weight excluding hydrogens is 222 g/mol. The van der Waals surface area contributed by atoms with Gasteiger partial charge < -0.3 is 5.32 Å². The molecule has 1 heterocycles. The molecule has 0 aromatic carbocycles. The molecule has 18 heavy (non-hydrogen) atoms. The van der Waals surface area contributed by atoms with Gasteiger partial charge in [0, 0.05) is 12.6 Å². The molecule has 3 aliphatic rings. The second-order valence-electron chi connectivity index (χ2n) is 6.48. The van der Waals surface area contributed by atoms with E-state index in [1.807, 2.05) is 7.05 Å². The molecule has 3 unspecified atom stereocenters. The average Bonchev–Trinajstić information content (AvgIpc) is 3.14. The Kier molecular flexibility index (Phi) is 3.34. The summed E-state index contributed by atoms with van der Waals surface area (Å²) < 4.78 is 0. The van der Waals surface area contributed by atoms with Crippen LogP contribution < -0.4 is 5.32 Å². The van der Waals surface area contributed by atoms with Crippen molar-refractivity contribution in [3.8, 4) is 6.07 Å². The van der Waals surface area contributed by atoms with Crippen molar-refractivity contribution in [3.05, 3.63) is 0 Å². The largest absolute Gasteiger partial charge is 0.301 e. The molecule has 2 saturated carbocycles. The summed E-state index contributed by atoms with van der Waals surface area (Å²) in [5.41, 5.74) is -0.273. The number of piperidine rings is 1. The predicted octanol–water partition coefficient (Wildman–Crippen LogP) is 2.14. The van der Waals surface area contributed by atoms with E-state index in [0.717, 1.165) is 18.5 Å². The minimum Gasteiger partial charge on any atom is -0.301 e. The van der Waals surface area contributed by atoms with Gasteiger partial charge in [-0.15, -0.1) is 0 Å². The molecule has 3 fully saturated rings. The van der Waals surface area contributed by atoms with E-state index >= 15 is 0 Å². The first-order valence-corrected chi connectivity index (χ1v) is 7.63. The lowest BCUT2D eigenvalue weighted by molar-refractivity contribution is 0.0852. The molecule has 1 N–H and O–H groups in total. The molecule has 0 aromatic heterocycles. The van der Waals surface area contributed by atoms with Gasteiger partial charge >= 0.3 is 0 Å². The van der Waals surface area contributed by atoms with Crippen molar-refractivity contribution >= 4 is 0 Å². The molecule has 2 aliphatic carbocycles. The summed E-state index contributed by atoms with van der Waals surface area (Å²) in [4.78, 5) is 2.64. The van der Waals surface area contributed by atoms with Gasteiger partial charge in [-0.1, -0.05) is 6.42 Å². The van der Waals surface area contributed by atoms with Crippen molar-refractivity contribution in [2.75, 3.05) is 20.1 Å². The van der Waals surface area contributed by atoms with E-state index in [9.17, 15) is 5.26 Å². The summed E-state index contributed by atoms with van der Waals surface area (Å²) in [5, 5.41) is 13.0. The summed E-state index contributed by atoms with van der Waals surface area (Å²) in [6.07, 6.45) is 9.39. The highest BCUT2D eigenvalue weighted by Gasteiger charge is 2.47. The van der Waals surface area contributed by atoms with E-state index in [-0.39, 0.29) is 5.54 Å². The predicted molar refractivity (Wildman–Crippen MR) is 72.1 cm³/mol. The summed E-state index contributed by atoms with van der Waals surface area (Å²) in [6, 6.07) is 3.38. The minimum absolute atomic E-state index is 0.273. The van der Waals surface area contributed by atoms with E-state index in [4.69, 9.17) is 0 Å². The molecule has 3 atom stereocenters. The van der Waals surface area contributed by atoms with Gasteiger partial charge in [0.25, 0.3) is 0 Å². The van der Waals surface area contributed by atoms with Gasteiger partial charge in [-0.3, -0.25) is 4.90 Å². The molecule has 0 spiro atoms. The third kappa shape index (κ3) is 2.06. The van der Waals surface area contributed by atoms with Crippen LogP contribution in [0.15, 0.2) is 0 Å². The first-order valence-electron chi connectivity index (χ1n) is 7.63. The zero-order valence-electron chi connectivity index (χ0n) is 11.5. The lowest BCUT2D eigenvalue weighted by Gasteiger charge is -2.42. The average molecular weight is 247 g/mol. The Morgan fingerprint density at radius 1 is 1.22 bits per heavy atom. The molecule has 3 nitrogen and oxygen atoms in total. The normalized spacial score (nSPS) is 35.8. The second kappa shape index (κ2) is 4.83. The van der Waals surface area contributed by atoms with Gasteiger partial charge in [0.15, 0.2) is 0 Å². The number of nitriles is 1. The van der Waals surface area contributed by atoms with Crippen molar-refractivity contribution in [1.29, 1.82) is 5.26 Å². The summed E-state index contributed by atoms with van der Waals surface area (Å²) in [5.74, 6) is 1.51. The van der Waals surface area contributed by atoms with Crippen LogP contribution in [0, 0.1) is 23.2 Å². The Bertz CT molecular complexity index is 344. The van der Waals surface area contributed by atoms with Crippen LogP contribution >= 0.6 is 0 Å². The Hall–Kier alpha value is -0.590. The number of nitrogens with one attached hydrogen (secondary N) is 1. The number of rotatable bonds is 4. The molecular formula is C15H25N3. The van der Waals surface area contributed by atoms with E-state index in [1.165, 1.54) is 51.5 Å². The first-order chi connectivity index (χ1) is 8.79. The van der Waals surface area contributed by atoms with Crippen molar-refractivity contribution < 1.29 is 0 Å². The lowest BCUT2D eigenvalue weighted by atomic mass is 9.88. The fourth-order valence-electron chi connectivity index (χ4n) is 4.24. The maximum atomic E-state index is 9.62. The van der Waals surface area contributed by atoms with E-state index in [1.54, 1.807) is 0 Å². The molecule has 0 radical (unpaired) electrons. The number of likely N-dealkylation sites (tertiary alicyclic amines) is 1. The van der Waals surface area contributed by atoms with Crippen LogP contribution in [-0.4, -0.2) is 36.6 Å². The zero-order valence-corrected chi connectivity index (χ0v) is 11.5. The molecule has 3 rings (SSSR count). The number of hydrogen-bond acceptors (Lipinski definition) is 3. The number of likely N-dealkylation sites (N-methyl/N-ethyl adjacent to an activating group) is 1. The molecule has 1 saturated heterocycles. The van der Waals surface area contributed by atoms with Crippen molar-refractivity contribution in [1.82, 2.24) is 10.2 Å². The van der Waals surface area contributed by atoms with Gasteiger partial charge in [-0.25, -0.2) is 0 Å². The first kappa shape index (κ1) is 12.4. The Balaban J connectivity index is 1.72. The third-order valence-corrected chi connectivity index (χ3v) is 5.48. The van der Waals surface area contributed by atoms with Crippen molar-refractivity contribution in [2.45, 2.75) is 56.5 Å². The topological polar surface area (TPSA) is 39.1 Å². The molecule has 1 aliphatic heterocycles. The number of hydrogen-bond donors (Lipinski definition) is 1. The Morgan fingerprint density at radius 2 is 2.00 bits per heavy atom. The zero-order chi connectivity index (χ0) is 12.6. The third-order valence-electron chi connectivity index (χ3n) is 5.48. The molecule has 100 valence electrons. The van der Waals surface area contributed by atoms with Gasteiger partial charge in [-0.2, -0.15) is 5.26 Å². The van der Waals surface area contributed by atoms with Gasteiger partial charge in [0.05, 0.1) is 6.07 Å². The highest BCUT2D eigenvalue weighted by Crippen LogP contribution is 2.42. The van der Waals surface area contributed by atoms with Crippen LogP contribution in [0.25, 0.3) is 0 Å². The fraction of sp³-hybridized carbons (Fsp3) is 0.933. The molecule has 0 aromatic rings. The SMILES string of the molecule is CNC(C#N)(CN1CCCC2CCCC21)C1CC1. The molecule has 0 amide bonds. The van der Waals surface area contributed by atoms with E-state index < -0.39 is 0 Å². The number of nitrogens with zero attached hydrogens (tertiary/aromatic N) is 2. The quantitative estimate of drug-likeness (QED) is 0.827. The molecule has 3 heteroatoms. The van der Waals surface area contributed by atoms with Gasteiger partial charge in [-0.05, 0) is 64.0 Å². The van der Waals surface area contributed by atoms with Gasteiger partial charge in [0.2, 0.25) is 0 Å². The summed E-state index contributed by atoms with van der Waals surface area (Å²) >= 11 is 0. The smallest absolute Gasteiger partial charge is 0.122 e. The van der Waals surface area contributed by atoms with Crippen LogP contribution in [0.2, 0.25) is 0 Å². The lowest BCUT2D eigenvalue weighted by Crippen LogP contribution is -2.57. The minimum atomic E-state index is -0.273. The monoisotopic (exact) mass is 247 g/mol. The Labute approximate surface area is 111 Å². The molecule has 0 bridgehead atoms. The van der Waals surface area contributed by atoms with E-state index in [0.29, 0.717) is 5.92 Å². The second-order valence-corrected chi connectivity index (χ2v) is 6.48. The highest BCUT2D eigenvalue weighted by molar-refractivity contribution is 5.17. The fourth-order valence-corrected chi connectivity index (χ4v) is 4.24. The van der Waals surface area contributed by atoms with Crippen LogP contribution in [0.5, 0.6) is 0 Å².